The predicted octanol–water partition coefficient (Wildman–Crippen LogP) is 0.601. The van der Waals surface area contributed by atoms with Gasteiger partial charge in [-0.25, -0.2) is 9.99 Å². The summed E-state index contributed by atoms with van der Waals surface area (Å²) in [6, 6.07) is 12.4. The quantitative estimate of drug-likeness (QED) is 0.0853. The Morgan fingerprint density at radius 1 is 1.14 bits per heavy atom. The second-order valence-corrected chi connectivity index (χ2v) is 14.3. The lowest BCUT2D eigenvalue weighted by Gasteiger charge is -2.50. The number of piperidine rings is 1. The van der Waals surface area contributed by atoms with E-state index in [-0.39, 0.29) is 34.7 Å². The summed E-state index contributed by atoms with van der Waals surface area (Å²) in [5.41, 5.74) is 12.5. The molecule has 3 amide bonds. The third-order valence-corrected chi connectivity index (χ3v) is 11.1. The number of oxime groups is 1. The summed E-state index contributed by atoms with van der Waals surface area (Å²) in [6.07, 6.45) is 7.18. The number of benzene rings is 1. The number of anilines is 1. The normalized spacial score (nSPS) is 19.4. The van der Waals surface area contributed by atoms with Gasteiger partial charge in [0.2, 0.25) is 5.52 Å². The number of thiazole rings is 1. The molecule has 17 heteroatoms. The van der Waals surface area contributed by atoms with Gasteiger partial charge in [-0.15, -0.1) is 23.1 Å². The number of aromatic nitrogens is 3. The number of carboxylic acids is 1. The number of amides is 3. The monoisotopic (exact) mass is 729 g/mol. The molecule has 264 valence electrons. The Morgan fingerprint density at radius 2 is 1.92 bits per heavy atom. The average Bonchev–Trinajstić information content (AvgIpc) is 3.76. The summed E-state index contributed by atoms with van der Waals surface area (Å²) in [4.78, 5) is 61.7. The molecule has 0 radical (unpaired) electrons. The number of β-lactam (4-membered cyclic amide) rings is 1. The molecule has 4 N–H and O–H groups in total. The molecule has 7 rings (SSSR count). The van der Waals surface area contributed by atoms with Crippen LogP contribution in [0.2, 0.25) is 0 Å². The summed E-state index contributed by atoms with van der Waals surface area (Å²) in [7, 11) is 1.28. The van der Waals surface area contributed by atoms with Gasteiger partial charge >= 0.3 is 0 Å². The van der Waals surface area contributed by atoms with Gasteiger partial charge in [-0.1, -0.05) is 23.7 Å². The number of nitrogen functional groups attached to an aromatic ring is 1. The number of aliphatic carboxylic acids is 1. The van der Waals surface area contributed by atoms with Crippen molar-refractivity contribution in [2.75, 3.05) is 31.7 Å². The standard InChI is InChI=1S/C34H35N9O6S2/c1-49-39-26(23-19-51-34(35)36-23)30(45)37-27-31(46)43-28(33(47)48)22(18-50-32(27)43)17-40-12-5-6-24-25(40)11-15-41(24)16-20-7-9-21(10-8-20)29(44)38-42-13-3-2-4-14-42/h5-12,15,19,27,32H,2-4,13-14,16-18H2,1H3,(H4-,35,36,37,38,44,45,47,48)/b39-26-/t27-,32-/m1/s1. The van der Waals surface area contributed by atoms with Crippen LogP contribution in [0.5, 0.6) is 0 Å². The highest BCUT2D eigenvalue weighted by molar-refractivity contribution is 8.00. The van der Waals surface area contributed by atoms with E-state index in [4.69, 9.17) is 10.6 Å². The number of nitrogens with one attached hydrogen (secondary N) is 2. The number of hydrogen-bond donors (Lipinski definition) is 3. The van der Waals surface area contributed by atoms with E-state index in [9.17, 15) is 24.3 Å². The molecule has 0 aliphatic carbocycles. The second kappa shape index (κ2) is 14.5. The number of pyridine rings is 1. The highest BCUT2D eigenvalue weighted by atomic mass is 32.2. The molecule has 2 fully saturated rings. The van der Waals surface area contributed by atoms with E-state index in [2.05, 4.69) is 25.4 Å². The van der Waals surface area contributed by atoms with Crippen LogP contribution in [0, 0.1) is 0 Å². The van der Waals surface area contributed by atoms with Crippen LogP contribution >= 0.6 is 23.1 Å². The van der Waals surface area contributed by atoms with Gasteiger partial charge in [-0.05, 0) is 36.6 Å². The van der Waals surface area contributed by atoms with Crippen LogP contribution in [-0.4, -0.2) is 86.2 Å². The minimum absolute atomic E-state index is 0.114. The Hall–Kier alpha value is -5.26. The van der Waals surface area contributed by atoms with E-state index in [0.29, 0.717) is 23.4 Å². The van der Waals surface area contributed by atoms with E-state index in [1.54, 1.807) is 5.38 Å². The smallest absolute Gasteiger partial charge is 0.276 e. The molecule has 0 saturated carbocycles. The average molecular weight is 730 g/mol. The first kappa shape index (κ1) is 34.2. The molecule has 15 nitrogen and oxygen atoms in total. The van der Waals surface area contributed by atoms with Gasteiger partial charge in [-0.3, -0.25) is 24.7 Å². The number of rotatable bonds is 11. The van der Waals surface area contributed by atoms with Gasteiger partial charge in [0.05, 0.1) is 11.7 Å². The van der Waals surface area contributed by atoms with E-state index in [1.807, 2.05) is 64.4 Å². The van der Waals surface area contributed by atoms with Crippen molar-refractivity contribution in [1.29, 1.82) is 0 Å². The molecular weight excluding hydrogens is 695 g/mol. The lowest BCUT2D eigenvalue weighted by Crippen LogP contribution is -2.71. The molecule has 0 bridgehead atoms. The van der Waals surface area contributed by atoms with Crippen LogP contribution in [-0.2, 0) is 32.3 Å². The molecule has 2 atom stereocenters. The molecule has 51 heavy (non-hydrogen) atoms. The van der Waals surface area contributed by atoms with Crippen molar-refractivity contribution in [3.8, 4) is 0 Å². The van der Waals surface area contributed by atoms with Crippen molar-refractivity contribution in [2.24, 2.45) is 5.16 Å². The fraction of sp³-hybridized carbons (Fsp3) is 0.324. The maximum absolute atomic E-state index is 13.3. The number of carbonyl (C=O) groups excluding carboxylic acids is 4. The zero-order chi connectivity index (χ0) is 35.6. The SMILES string of the molecule is CO/N=C(\C(=O)N[C@@H]1C(=O)N2C(C(=O)[O-])=C(C[n+]3cccc4c3ccn4Cc3ccc(C(=O)NN4CCCCC4)cc3)CS[C@H]12)c1csc(N)n1. The van der Waals surface area contributed by atoms with Crippen molar-refractivity contribution in [1.82, 2.24) is 30.2 Å². The van der Waals surface area contributed by atoms with Crippen LogP contribution in [0.25, 0.3) is 11.0 Å². The molecule has 3 aromatic heterocycles. The fourth-order valence-electron chi connectivity index (χ4n) is 6.56. The number of hydrogen-bond acceptors (Lipinski definition) is 12. The van der Waals surface area contributed by atoms with E-state index < -0.39 is 29.2 Å². The van der Waals surface area contributed by atoms with Crippen LogP contribution in [0.1, 0.15) is 40.9 Å². The van der Waals surface area contributed by atoms with Crippen molar-refractivity contribution < 1.29 is 33.7 Å². The van der Waals surface area contributed by atoms with Gasteiger partial charge < -0.3 is 30.4 Å². The first-order valence-electron chi connectivity index (χ1n) is 16.4. The van der Waals surface area contributed by atoms with Crippen molar-refractivity contribution in [3.05, 3.63) is 88.3 Å². The third-order valence-electron chi connectivity index (χ3n) is 9.05. The van der Waals surface area contributed by atoms with Gasteiger partial charge in [-0.2, -0.15) is 4.57 Å². The number of nitrogens with two attached hydrogens (primary N) is 1. The number of carbonyl (C=O) groups is 4. The molecule has 6 heterocycles. The fourth-order valence-corrected chi connectivity index (χ4v) is 8.45. The number of hydrazine groups is 1. The molecule has 2 saturated heterocycles. The van der Waals surface area contributed by atoms with Crippen LogP contribution in [0.4, 0.5) is 5.13 Å². The summed E-state index contributed by atoms with van der Waals surface area (Å²) < 4.78 is 4.03. The number of nitrogens with zero attached hydrogens (tertiary/aromatic N) is 6. The number of carboxylic acid groups (broad SMARTS) is 1. The largest absolute Gasteiger partial charge is 0.543 e. The Balaban J connectivity index is 1.05. The number of fused-ring (bicyclic) bond motifs is 2. The molecule has 4 aromatic rings. The Bertz CT molecular complexity index is 2070. The minimum Gasteiger partial charge on any atom is -0.543 e. The van der Waals surface area contributed by atoms with E-state index >= 15 is 0 Å². The maximum atomic E-state index is 13.3. The lowest BCUT2D eigenvalue weighted by molar-refractivity contribution is -0.663. The van der Waals surface area contributed by atoms with E-state index in [1.165, 1.54) is 30.2 Å². The highest BCUT2D eigenvalue weighted by Gasteiger charge is 2.53. The van der Waals surface area contributed by atoms with Gasteiger partial charge in [0.1, 0.15) is 29.7 Å². The summed E-state index contributed by atoms with van der Waals surface area (Å²) in [5.74, 6) is -2.56. The summed E-state index contributed by atoms with van der Waals surface area (Å²) in [5, 5.41) is 22.0. The Morgan fingerprint density at radius 3 is 2.63 bits per heavy atom. The topological polar surface area (TPSA) is 191 Å². The molecule has 0 unspecified atom stereocenters. The first-order valence-corrected chi connectivity index (χ1v) is 18.3. The van der Waals surface area contributed by atoms with Gasteiger partial charge in [0.15, 0.2) is 23.6 Å². The predicted molar refractivity (Wildman–Crippen MR) is 188 cm³/mol. The summed E-state index contributed by atoms with van der Waals surface area (Å²) >= 11 is 2.47. The van der Waals surface area contributed by atoms with Crippen molar-refractivity contribution in [2.45, 2.75) is 43.8 Å². The highest BCUT2D eigenvalue weighted by Crippen LogP contribution is 2.40. The molecule has 3 aliphatic heterocycles. The molecule has 0 spiro atoms. The van der Waals surface area contributed by atoms with E-state index in [0.717, 1.165) is 53.9 Å². The maximum Gasteiger partial charge on any atom is 0.276 e. The molecular formula is C34H35N9O6S2. The van der Waals surface area contributed by atoms with Crippen LogP contribution in [0.15, 0.2) is 76.7 Å². The van der Waals surface area contributed by atoms with Crippen molar-refractivity contribution >= 4 is 68.7 Å². The Kier molecular flexibility index (Phi) is 9.75. The van der Waals surface area contributed by atoms with Crippen LogP contribution in [0.3, 0.4) is 0 Å². The van der Waals surface area contributed by atoms with Crippen LogP contribution < -0.4 is 26.1 Å². The first-order chi connectivity index (χ1) is 24.7. The zero-order valence-corrected chi connectivity index (χ0v) is 29.2. The van der Waals surface area contributed by atoms with Crippen molar-refractivity contribution in [3.63, 3.8) is 0 Å². The van der Waals surface area contributed by atoms with Gasteiger partial charge in [0.25, 0.3) is 17.7 Å². The zero-order valence-electron chi connectivity index (χ0n) is 27.6. The number of thioether (sulfide) groups is 1. The summed E-state index contributed by atoms with van der Waals surface area (Å²) in [6.45, 7) is 2.50. The molecule has 3 aliphatic rings. The third kappa shape index (κ3) is 6.91. The minimum atomic E-state index is -1.47. The molecule has 1 aromatic carbocycles. The van der Waals surface area contributed by atoms with Gasteiger partial charge in [0, 0.05) is 60.2 Å². The second-order valence-electron chi connectivity index (χ2n) is 12.3. The lowest BCUT2D eigenvalue weighted by atomic mass is 10.0. The Labute approximate surface area is 300 Å².